The molecule has 1 N–H and O–H groups in total. The molecule has 0 spiro atoms. The van der Waals surface area contributed by atoms with E-state index in [-0.39, 0.29) is 17.4 Å². The molecule has 0 saturated carbocycles. The number of hydrogen-bond donors (Lipinski definition) is 1. The molecule has 136 valence electrons. The van der Waals surface area contributed by atoms with Crippen LogP contribution in [0.4, 0.5) is 0 Å². The lowest BCUT2D eigenvalue weighted by molar-refractivity contribution is -0.118. The number of ketones is 1. The lowest BCUT2D eigenvalue weighted by Gasteiger charge is -2.13. The van der Waals surface area contributed by atoms with Gasteiger partial charge in [-0.1, -0.05) is 30.0 Å². The van der Waals surface area contributed by atoms with Crippen LogP contribution in [0.5, 0.6) is 5.75 Å². The van der Waals surface area contributed by atoms with Crippen LogP contribution in [0.15, 0.2) is 35.6 Å². The summed E-state index contributed by atoms with van der Waals surface area (Å²) >= 11 is 1.29. The first kappa shape index (κ1) is 18.4. The van der Waals surface area contributed by atoms with Gasteiger partial charge < -0.3 is 10.1 Å². The van der Waals surface area contributed by atoms with Crippen molar-refractivity contribution in [2.75, 3.05) is 19.4 Å². The lowest BCUT2D eigenvalue weighted by Crippen LogP contribution is -2.27. The summed E-state index contributed by atoms with van der Waals surface area (Å²) in [6, 6.07) is 7.77. The van der Waals surface area contributed by atoms with Gasteiger partial charge in [0.25, 0.3) is 0 Å². The SMILES string of the molecule is COc1ccccc1CCNC(=O)CSc1ncc2c(n1)CCCC2=O. The summed E-state index contributed by atoms with van der Waals surface area (Å²) in [6.07, 6.45) is 4.49. The number of methoxy groups -OCH3 is 1. The van der Waals surface area contributed by atoms with Crippen LogP contribution in [0.2, 0.25) is 0 Å². The molecule has 6 nitrogen and oxygen atoms in total. The number of nitrogens with zero attached hydrogens (tertiary/aromatic N) is 2. The number of amides is 1. The minimum atomic E-state index is -0.0673. The highest BCUT2D eigenvalue weighted by Crippen LogP contribution is 2.22. The minimum absolute atomic E-state index is 0.0673. The van der Waals surface area contributed by atoms with Gasteiger partial charge in [0.05, 0.1) is 24.1 Å². The predicted octanol–water partition coefficient (Wildman–Crippen LogP) is 2.46. The van der Waals surface area contributed by atoms with Crippen LogP contribution < -0.4 is 10.1 Å². The number of carbonyl (C=O) groups is 2. The molecule has 0 fully saturated rings. The van der Waals surface area contributed by atoms with Gasteiger partial charge in [0, 0.05) is 19.2 Å². The molecule has 0 aliphatic heterocycles. The highest BCUT2D eigenvalue weighted by atomic mass is 32.2. The average Bonchev–Trinajstić information content (AvgIpc) is 2.67. The molecule has 3 rings (SSSR count). The molecule has 1 aromatic carbocycles. The molecule has 2 aromatic rings. The van der Waals surface area contributed by atoms with E-state index in [1.807, 2.05) is 24.3 Å². The van der Waals surface area contributed by atoms with Crippen molar-refractivity contribution < 1.29 is 14.3 Å². The standard InChI is InChI=1S/C19H21N3O3S/c1-25-17-8-3-2-5-13(17)9-10-20-18(24)12-26-19-21-11-14-15(22-19)6-4-7-16(14)23/h2-3,5,8,11H,4,6-7,9-10,12H2,1H3,(H,20,24). The molecular formula is C19H21N3O3S. The summed E-state index contributed by atoms with van der Waals surface area (Å²) in [7, 11) is 1.64. The van der Waals surface area contributed by atoms with Crippen molar-refractivity contribution in [2.45, 2.75) is 30.8 Å². The van der Waals surface area contributed by atoms with Crippen LogP contribution in [0, 0.1) is 0 Å². The third-order valence-corrected chi connectivity index (χ3v) is 5.07. The molecule has 0 unspecified atom stereocenters. The number of aryl methyl sites for hydroxylation is 1. The molecule has 26 heavy (non-hydrogen) atoms. The zero-order valence-electron chi connectivity index (χ0n) is 14.7. The maximum absolute atomic E-state index is 12.0. The third-order valence-electron chi connectivity index (χ3n) is 4.20. The Bertz CT molecular complexity index is 810. The van der Waals surface area contributed by atoms with Gasteiger partial charge in [-0.05, 0) is 30.9 Å². The summed E-state index contributed by atoms with van der Waals surface area (Å²) in [6.45, 7) is 0.541. The highest BCUT2D eigenvalue weighted by molar-refractivity contribution is 7.99. The van der Waals surface area contributed by atoms with Crippen molar-refractivity contribution in [1.82, 2.24) is 15.3 Å². The number of aromatic nitrogens is 2. The molecule has 1 amide bonds. The van der Waals surface area contributed by atoms with Crippen molar-refractivity contribution in [1.29, 1.82) is 0 Å². The summed E-state index contributed by atoms with van der Waals surface area (Å²) < 4.78 is 5.30. The molecular weight excluding hydrogens is 350 g/mol. The van der Waals surface area contributed by atoms with Gasteiger partial charge in [0.1, 0.15) is 5.75 Å². The molecule has 0 bridgehead atoms. The normalized spacial score (nSPS) is 13.2. The number of para-hydroxylation sites is 1. The van der Waals surface area contributed by atoms with Crippen molar-refractivity contribution in [3.63, 3.8) is 0 Å². The Labute approximate surface area is 156 Å². The molecule has 1 aliphatic rings. The fraction of sp³-hybridized carbons (Fsp3) is 0.368. The first-order valence-corrected chi connectivity index (χ1v) is 9.56. The third kappa shape index (κ3) is 4.60. The number of Topliss-reactive ketones (excluding diaryl/α,β-unsaturated/α-hetero) is 1. The number of benzene rings is 1. The smallest absolute Gasteiger partial charge is 0.230 e. The molecule has 0 atom stereocenters. The predicted molar refractivity (Wildman–Crippen MR) is 99.7 cm³/mol. The zero-order valence-corrected chi connectivity index (χ0v) is 15.5. The topological polar surface area (TPSA) is 81.2 Å². The van der Waals surface area contributed by atoms with E-state index >= 15 is 0 Å². The maximum atomic E-state index is 12.0. The van der Waals surface area contributed by atoms with Crippen LogP contribution in [-0.4, -0.2) is 41.1 Å². The van der Waals surface area contributed by atoms with Crippen molar-refractivity contribution in [3.05, 3.63) is 47.3 Å². The number of hydrogen-bond acceptors (Lipinski definition) is 6. The molecule has 1 heterocycles. The fourth-order valence-corrected chi connectivity index (χ4v) is 3.53. The average molecular weight is 371 g/mol. The van der Waals surface area contributed by atoms with Crippen LogP contribution in [0.3, 0.4) is 0 Å². The van der Waals surface area contributed by atoms with Crippen LogP contribution in [0.1, 0.15) is 34.5 Å². The van der Waals surface area contributed by atoms with E-state index in [1.165, 1.54) is 11.8 Å². The van der Waals surface area contributed by atoms with E-state index in [9.17, 15) is 9.59 Å². The number of ether oxygens (including phenoxy) is 1. The van der Waals surface area contributed by atoms with Gasteiger partial charge in [-0.15, -0.1) is 0 Å². The Morgan fingerprint density at radius 2 is 2.15 bits per heavy atom. The summed E-state index contributed by atoms with van der Waals surface area (Å²) in [5, 5.41) is 3.44. The van der Waals surface area contributed by atoms with E-state index in [0.717, 1.165) is 29.8 Å². The number of carbonyl (C=O) groups excluding carboxylic acids is 2. The van der Waals surface area contributed by atoms with Gasteiger partial charge in [0.15, 0.2) is 10.9 Å². The van der Waals surface area contributed by atoms with E-state index in [2.05, 4.69) is 15.3 Å². The van der Waals surface area contributed by atoms with E-state index < -0.39 is 0 Å². The number of rotatable bonds is 7. The first-order chi connectivity index (χ1) is 12.7. The Morgan fingerprint density at radius 1 is 1.31 bits per heavy atom. The lowest BCUT2D eigenvalue weighted by atomic mass is 9.96. The molecule has 0 radical (unpaired) electrons. The summed E-state index contributed by atoms with van der Waals surface area (Å²) in [5.74, 6) is 1.12. The van der Waals surface area contributed by atoms with Gasteiger partial charge >= 0.3 is 0 Å². The van der Waals surface area contributed by atoms with Crippen LogP contribution >= 0.6 is 11.8 Å². The Morgan fingerprint density at radius 3 is 3.00 bits per heavy atom. The fourth-order valence-electron chi connectivity index (χ4n) is 2.87. The molecule has 1 aliphatic carbocycles. The zero-order chi connectivity index (χ0) is 18.4. The number of thioether (sulfide) groups is 1. The highest BCUT2D eigenvalue weighted by Gasteiger charge is 2.19. The monoisotopic (exact) mass is 371 g/mol. The summed E-state index contributed by atoms with van der Waals surface area (Å²) in [5.41, 5.74) is 2.49. The van der Waals surface area contributed by atoms with Crippen LogP contribution in [-0.2, 0) is 17.6 Å². The van der Waals surface area contributed by atoms with Crippen LogP contribution in [0.25, 0.3) is 0 Å². The first-order valence-electron chi connectivity index (χ1n) is 8.58. The minimum Gasteiger partial charge on any atom is -0.496 e. The van der Waals surface area contributed by atoms with E-state index in [0.29, 0.717) is 30.1 Å². The quantitative estimate of drug-likeness (QED) is 0.595. The number of nitrogens with one attached hydrogen (secondary N) is 1. The Balaban J connectivity index is 1.46. The second kappa shape index (κ2) is 8.80. The van der Waals surface area contributed by atoms with Gasteiger partial charge in [-0.25, -0.2) is 9.97 Å². The Kier molecular flexibility index (Phi) is 6.22. The van der Waals surface area contributed by atoms with E-state index in [4.69, 9.17) is 4.74 Å². The van der Waals surface area contributed by atoms with Crippen molar-refractivity contribution >= 4 is 23.5 Å². The van der Waals surface area contributed by atoms with Gasteiger partial charge in [-0.2, -0.15) is 0 Å². The van der Waals surface area contributed by atoms with Gasteiger partial charge in [-0.3, -0.25) is 9.59 Å². The van der Waals surface area contributed by atoms with Gasteiger partial charge in [0.2, 0.25) is 5.91 Å². The summed E-state index contributed by atoms with van der Waals surface area (Å²) in [4.78, 5) is 32.4. The van der Waals surface area contributed by atoms with Crippen molar-refractivity contribution in [3.8, 4) is 5.75 Å². The van der Waals surface area contributed by atoms with E-state index in [1.54, 1.807) is 13.3 Å². The second-order valence-electron chi connectivity index (χ2n) is 5.99. The molecule has 7 heteroatoms. The molecule has 0 saturated heterocycles. The second-order valence-corrected chi connectivity index (χ2v) is 6.93. The van der Waals surface area contributed by atoms with Crippen molar-refractivity contribution in [2.24, 2.45) is 0 Å². The molecule has 1 aromatic heterocycles. The maximum Gasteiger partial charge on any atom is 0.230 e. The number of fused-ring (bicyclic) bond motifs is 1. The Hall–Kier alpha value is -2.41. The largest absolute Gasteiger partial charge is 0.496 e.